The van der Waals surface area contributed by atoms with Crippen LogP contribution in [0.5, 0.6) is 0 Å². The highest BCUT2D eigenvalue weighted by molar-refractivity contribution is 6.30. The first-order valence-corrected chi connectivity index (χ1v) is 14.9. The van der Waals surface area contributed by atoms with Gasteiger partial charge in [-0.05, 0) is 72.6 Å². The van der Waals surface area contributed by atoms with Gasteiger partial charge >= 0.3 is 6.18 Å². The summed E-state index contributed by atoms with van der Waals surface area (Å²) in [6, 6.07) is 7.49. The van der Waals surface area contributed by atoms with E-state index in [0.717, 1.165) is 41.2 Å². The third-order valence-electron chi connectivity index (χ3n) is 8.06. The first-order chi connectivity index (χ1) is 23.1. The van der Waals surface area contributed by atoms with Gasteiger partial charge in [0.1, 0.15) is 48.2 Å². The van der Waals surface area contributed by atoms with Crippen molar-refractivity contribution in [3.05, 3.63) is 111 Å². The van der Waals surface area contributed by atoms with E-state index in [0.29, 0.717) is 12.1 Å². The number of aromatic nitrogens is 3. The van der Waals surface area contributed by atoms with Crippen molar-refractivity contribution in [3.63, 3.8) is 0 Å². The summed E-state index contributed by atoms with van der Waals surface area (Å²) in [6.45, 7) is 1.13. The maximum atomic E-state index is 14.4. The number of aliphatic imine (C=N–C) groups is 1. The third kappa shape index (κ3) is 6.66. The molecule has 6 atom stereocenters. The van der Waals surface area contributed by atoms with E-state index in [1.807, 2.05) is 0 Å². The van der Waals surface area contributed by atoms with Crippen molar-refractivity contribution in [1.82, 2.24) is 14.8 Å². The van der Waals surface area contributed by atoms with Crippen molar-refractivity contribution in [2.75, 3.05) is 6.61 Å². The van der Waals surface area contributed by atoms with E-state index >= 15 is 0 Å². The molecule has 2 aliphatic heterocycles. The maximum absolute atomic E-state index is 14.4. The van der Waals surface area contributed by atoms with E-state index < -0.39 is 77.3 Å². The van der Waals surface area contributed by atoms with Crippen LogP contribution in [0, 0.1) is 30.2 Å². The normalized spacial score (nSPS) is 24.7. The summed E-state index contributed by atoms with van der Waals surface area (Å²) < 4.78 is 111. The predicted octanol–water partition coefficient (Wildman–Crippen LogP) is 5.33. The Morgan fingerprint density at radius 2 is 1.67 bits per heavy atom. The molecule has 4 unspecified atom stereocenters. The number of hydrogen-bond acceptors (Lipinski definition) is 8. The molecule has 49 heavy (non-hydrogen) atoms. The molecule has 0 bridgehead atoms. The second-order valence-corrected chi connectivity index (χ2v) is 11.8. The second kappa shape index (κ2) is 13.2. The van der Waals surface area contributed by atoms with Gasteiger partial charge in [-0.15, -0.1) is 0 Å². The van der Waals surface area contributed by atoms with Gasteiger partial charge in [0.25, 0.3) is 0 Å². The van der Waals surface area contributed by atoms with E-state index in [2.05, 4.69) is 15.1 Å². The Morgan fingerprint density at radius 3 is 2.33 bits per heavy atom. The highest BCUT2D eigenvalue weighted by atomic mass is 35.5. The number of halogens is 8. The number of nitrogens with two attached hydrogens (primary N) is 1. The fourth-order valence-electron chi connectivity index (χ4n) is 5.76. The Labute approximate surface area is 278 Å². The number of allylic oxidation sites excluding steroid dienone is 1. The fraction of sp³-hybridized carbons (Fsp3) is 0.281. The zero-order valence-corrected chi connectivity index (χ0v) is 25.8. The van der Waals surface area contributed by atoms with Crippen LogP contribution in [0.25, 0.3) is 17.0 Å². The fourth-order valence-corrected chi connectivity index (χ4v) is 5.92. The third-order valence-corrected chi connectivity index (χ3v) is 8.30. The summed E-state index contributed by atoms with van der Waals surface area (Å²) >= 11 is 6.05. The minimum absolute atomic E-state index is 0.00180. The molecule has 4 aromatic rings. The van der Waals surface area contributed by atoms with E-state index in [9.17, 15) is 40.9 Å². The number of benzene rings is 3. The Kier molecular flexibility index (Phi) is 9.27. The van der Waals surface area contributed by atoms with Crippen LogP contribution in [0.4, 0.5) is 30.7 Å². The molecular formula is C32H25ClF7N5O4. The van der Waals surface area contributed by atoms with Crippen LogP contribution in [-0.2, 0) is 15.7 Å². The maximum Gasteiger partial charge on any atom is 0.418 e. The highest BCUT2D eigenvalue weighted by Gasteiger charge is 2.53. The highest BCUT2D eigenvalue weighted by Crippen LogP contribution is 2.41. The lowest BCUT2D eigenvalue weighted by Crippen LogP contribution is -2.54. The number of hydrogen-bond donors (Lipinski definition) is 3. The molecule has 0 aliphatic carbocycles. The molecule has 258 valence electrons. The van der Waals surface area contributed by atoms with Crippen LogP contribution in [0.1, 0.15) is 34.4 Å². The van der Waals surface area contributed by atoms with Gasteiger partial charge in [0, 0.05) is 22.5 Å². The average Bonchev–Trinajstić information content (AvgIpc) is 3.61. The van der Waals surface area contributed by atoms with E-state index in [-0.39, 0.29) is 45.7 Å². The minimum Gasteiger partial charge on any atom is -0.398 e. The van der Waals surface area contributed by atoms with Crippen molar-refractivity contribution in [1.29, 1.82) is 0 Å². The quantitative estimate of drug-likeness (QED) is 0.107. The summed E-state index contributed by atoms with van der Waals surface area (Å²) in [7, 11) is 0. The molecule has 0 amide bonds. The molecule has 3 aromatic carbocycles. The number of aliphatic hydroxyl groups excluding tert-OH is 2. The largest absolute Gasteiger partial charge is 0.418 e. The first-order valence-electron chi connectivity index (χ1n) is 14.5. The Balaban J connectivity index is 1.46. The summed E-state index contributed by atoms with van der Waals surface area (Å²) in [5.74, 6) is -5.73. The van der Waals surface area contributed by atoms with E-state index in [4.69, 9.17) is 26.8 Å². The van der Waals surface area contributed by atoms with Gasteiger partial charge in [0.05, 0.1) is 17.9 Å². The second-order valence-electron chi connectivity index (χ2n) is 11.3. The Bertz CT molecular complexity index is 1930. The SMILES string of the molecule is Cc1nc([C@@H]2OC3C(O)CO[C@@H]3C(N=C/C(=C(\N)c3ccc(F)cc3)c3cc(F)c(F)c(F)c3)C2O)n(-c2cc(Cl)ccc2C(F)(F)F)n1. The van der Waals surface area contributed by atoms with E-state index in [1.165, 1.54) is 19.1 Å². The summed E-state index contributed by atoms with van der Waals surface area (Å²) in [5, 5.41) is 26.4. The Hall–Kier alpha value is -4.35. The van der Waals surface area contributed by atoms with Gasteiger partial charge in [-0.2, -0.15) is 18.3 Å². The smallest absolute Gasteiger partial charge is 0.398 e. The zero-order chi connectivity index (χ0) is 35.4. The molecule has 6 rings (SSSR count). The number of aryl methyl sites for hydroxylation is 1. The molecule has 9 nitrogen and oxygen atoms in total. The van der Waals surface area contributed by atoms with Crippen LogP contribution in [0.3, 0.4) is 0 Å². The van der Waals surface area contributed by atoms with Crippen LogP contribution < -0.4 is 5.73 Å². The van der Waals surface area contributed by atoms with Gasteiger partial charge in [0.15, 0.2) is 23.3 Å². The first kappa shape index (κ1) is 34.5. The summed E-state index contributed by atoms with van der Waals surface area (Å²) in [6.07, 6.45) is -10.7. The van der Waals surface area contributed by atoms with Crippen LogP contribution >= 0.6 is 11.6 Å². The standard InChI is InChI=1S/C32H25ClF7N5O4/c1-13-43-31(45(44-13)22-10-16(33)4-7-19(22)32(38,39)40)30-27(47)26(29-28(49-30)23(46)12-48-29)42-11-18(15-8-20(35)24(37)21(36)9-15)25(41)14-2-5-17(34)6-3-14/h2-11,23,26-30,46-47H,12,41H2,1H3/b25-18+,42-11?/t23?,26?,27?,28?,29-,30-/m1/s1. The summed E-state index contributed by atoms with van der Waals surface area (Å²) in [5.41, 5.74) is 4.27. The number of nitrogens with zero attached hydrogens (tertiary/aromatic N) is 4. The van der Waals surface area contributed by atoms with Gasteiger partial charge in [-0.3, -0.25) is 4.99 Å². The summed E-state index contributed by atoms with van der Waals surface area (Å²) in [4.78, 5) is 8.66. The molecule has 2 saturated heterocycles. The lowest BCUT2D eigenvalue weighted by molar-refractivity contribution is -0.178. The van der Waals surface area contributed by atoms with Crippen LogP contribution in [-0.4, -0.2) is 68.3 Å². The number of ether oxygens (including phenoxy) is 2. The minimum atomic E-state index is -4.84. The molecular weight excluding hydrogens is 687 g/mol. The monoisotopic (exact) mass is 711 g/mol. The molecule has 2 fully saturated rings. The van der Waals surface area contributed by atoms with Crippen molar-refractivity contribution in [3.8, 4) is 5.69 Å². The van der Waals surface area contributed by atoms with Gasteiger partial charge in [0.2, 0.25) is 0 Å². The molecule has 17 heteroatoms. The topological polar surface area (TPSA) is 128 Å². The molecule has 1 aromatic heterocycles. The lowest BCUT2D eigenvalue weighted by Gasteiger charge is -2.40. The molecule has 3 heterocycles. The van der Waals surface area contributed by atoms with Crippen LogP contribution in [0.2, 0.25) is 5.02 Å². The van der Waals surface area contributed by atoms with Crippen molar-refractivity contribution in [2.24, 2.45) is 10.7 Å². The molecule has 0 spiro atoms. The molecule has 0 radical (unpaired) electrons. The molecule has 4 N–H and O–H groups in total. The van der Waals surface area contributed by atoms with Crippen molar-refractivity contribution < 1.29 is 50.4 Å². The van der Waals surface area contributed by atoms with Gasteiger partial charge < -0.3 is 25.4 Å². The predicted molar refractivity (Wildman–Crippen MR) is 161 cm³/mol. The lowest BCUT2D eigenvalue weighted by atomic mass is 9.91. The van der Waals surface area contributed by atoms with Gasteiger partial charge in [-0.25, -0.2) is 27.2 Å². The zero-order valence-electron chi connectivity index (χ0n) is 25.0. The molecule has 2 aliphatic rings. The van der Waals surface area contributed by atoms with E-state index in [1.54, 1.807) is 0 Å². The van der Waals surface area contributed by atoms with Crippen LogP contribution in [0.15, 0.2) is 59.6 Å². The van der Waals surface area contributed by atoms with Crippen molar-refractivity contribution >= 4 is 29.1 Å². The van der Waals surface area contributed by atoms with Gasteiger partial charge in [-0.1, -0.05) is 11.6 Å². The number of fused-ring (bicyclic) bond motifs is 1. The number of aliphatic hydroxyl groups is 2. The Morgan fingerprint density at radius 1 is 1.00 bits per heavy atom. The average molecular weight is 712 g/mol. The molecule has 0 saturated carbocycles. The van der Waals surface area contributed by atoms with Crippen molar-refractivity contribution in [2.45, 2.75) is 49.7 Å². The number of alkyl halides is 3. The number of rotatable bonds is 6.